The zero-order valence-corrected chi connectivity index (χ0v) is 14.0. The molecule has 2 heterocycles. The van der Waals surface area contributed by atoms with E-state index >= 15 is 0 Å². The number of piperidine rings is 1. The van der Waals surface area contributed by atoms with Gasteiger partial charge < -0.3 is 10.0 Å². The fraction of sp³-hybridized carbons (Fsp3) is 0.786. The Balaban J connectivity index is 1.99. The second-order valence-corrected chi connectivity index (χ2v) is 7.59. The number of hydrogen-bond acceptors (Lipinski definition) is 5. The molecule has 1 fully saturated rings. The highest BCUT2D eigenvalue weighted by atomic mass is 32.2. The molecule has 0 unspecified atom stereocenters. The minimum atomic E-state index is -0.837. The monoisotopic (exact) mass is 312 g/mol. The van der Waals surface area contributed by atoms with E-state index in [-0.39, 0.29) is 5.75 Å². The molecule has 0 spiro atoms. The fourth-order valence-electron chi connectivity index (χ4n) is 2.78. The average Bonchev–Trinajstić information content (AvgIpc) is 2.77. The van der Waals surface area contributed by atoms with Gasteiger partial charge >= 0.3 is 5.97 Å². The first-order chi connectivity index (χ1) is 9.79. The number of carbonyl (C=O) groups is 1. The Morgan fingerprint density at radius 2 is 1.95 bits per heavy atom. The zero-order valence-electron chi connectivity index (χ0n) is 13.2. The second kappa shape index (κ2) is 6.25. The predicted octanol–water partition coefficient (Wildman–Crippen LogP) is 2.25. The van der Waals surface area contributed by atoms with Crippen LogP contribution in [0.2, 0.25) is 0 Å². The molecule has 0 radical (unpaired) electrons. The molecule has 1 aromatic heterocycles. The van der Waals surface area contributed by atoms with Gasteiger partial charge in [0.2, 0.25) is 5.95 Å². The van der Waals surface area contributed by atoms with Gasteiger partial charge in [0.05, 0.1) is 5.75 Å². The first-order valence-electron chi connectivity index (χ1n) is 7.28. The van der Waals surface area contributed by atoms with E-state index in [1.54, 1.807) is 0 Å². The van der Waals surface area contributed by atoms with Crippen LogP contribution in [0.4, 0.5) is 5.95 Å². The lowest BCUT2D eigenvalue weighted by atomic mass is 9.75. The Labute approximate surface area is 129 Å². The van der Waals surface area contributed by atoms with Crippen molar-refractivity contribution >= 4 is 23.7 Å². The van der Waals surface area contributed by atoms with E-state index in [4.69, 9.17) is 5.11 Å². The number of hydrogen-bond donors (Lipinski definition) is 1. The summed E-state index contributed by atoms with van der Waals surface area (Å²) in [4.78, 5) is 12.9. The number of carboxylic acids is 1. The summed E-state index contributed by atoms with van der Waals surface area (Å²) >= 11 is 1.21. The quantitative estimate of drug-likeness (QED) is 0.860. The Morgan fingerprint density at radius 1 is 1.33 bits per heavy atom. The van der Waals surface area contributed by atoms with Crippen molar-refractivity contribution in [1.82, 2.24) is 14.8 Å². The molecule has 1 N–H and O–H groups in total. The van der Waals surface area contributed by atoms with Crippen molar-refractivity contribution in [2.45, 2.75) is 38.8 Å². The summed E-state index contributed by atoms with van der Waals surface area (Å²) in [5, 5.41) is 17.7. The van der Waals surface area contributed by atoms with Crippen LogP contribution in [-0.2, 0) is 11.8 Å². The van der Waals surface area contributed by atoms with Gasteiger partial charge in [0.1, 0.15) is 0 Å². The molecule has 1 aliphatic heterocycles. The molecule has 0 bridgehead atoms. The molecular weight excluding hydrogens is 288 g/mol. The van der Waals surface area contributed by atoms with Crippen LogP contribution in [0.1, 0.15) is 33.6 Å². The van der Waals surface area contributed by atoms with Gasteiger partial charge in [0.15, 0.2) is 5.16 Å². The maximum absolute atomic E-state index is 10.6. The number of aromatic nitrogens is 3. The van der Waals surface area contributed by atoms with Crippen molar-refractivity contribution in [3.05, 3.63) is 0 Å². The Bertz CT molecular complexity index is 502. The number of aliphatic carboxylic acids is 1. The van der Waals surface area contributed by atoms with Gasteiger partial charge in [-0.1, -0.05) is 32.5 Å². The molecule has 1 aliphatic rings. The van der Waals surface area contributed by atoms with Crippen LogP contribution >= 0.6 is 11.8 Å². The summed E-state index contributed by atoms with van der Waals surface area (Å²) in [6, 6.07) is 0. The molecule has 21 heavy (non-hydrogen) atoms. The molecule has 6 nitrogen and oxygen atoms in total. The van der Waals surface area contributed by atoms with Gasteiger partial charge in [-0.15, -0.1) is 10.2 Å². The first kappa shape index (κ1) is 16.1. The molecule has 118 valence electrons. The smallest absolute Gasteiger partial charge is 0.313 e. The molecule has 0 amide bonds. The summed E-state index contributed by atoms with van der Waals surface area (Å²) in [5.41, 5.74) is 0.356. The van der Waals surface area contributed by atoms with E-state index < -0.39 is 5.97 Å². The van der Waals surface area contributed by atoms with Crippen LogP contribution in [-0.4, -0.2) is 44.7 Å². The number of nitrogens with zero attached hydrogens (tertiary/aromatic N) is 4. The van der Waals surface area contributed by atoms with Crippen molar-refractivity contribution < 1.29 is 9.90 Å². The summed E-state index contributed by atoms with van der Waals surface area (Å²) in [5.74, 6) is 0.756. The summed E-state index contributed by atoms with van der Waals surface area (Å²) in [7, 11) is 1.90. The van der Waals surface area contributed by atoms with E-state index in [1.165, 1.54) is 11.8 Å². The standard InChI is InChI=1S/C14H24N4O2S/c1-14(2,3)10-5-7-18(8-6-10)12-15-16-13(17(12)4)21-9-11(19)20/h10H,5-9H2,1-4H3,(H,19,20). The van der Waals surface area contributed by atoms with Crippen molar-refractivity contribution in [2.24, 2.45) is 18.4 Å². The number of rotatable bonds is 4. The van der Waals surface area contributed by atoms with Crippen LogP contribution in [0.5, 0.6) is 0 Å². The largest absolute Gasteiger partial charge is 0.481 e. The first-order valence-corrected chi connectivity index (χ1v) is 8.26. The lowest BCUT2D eigenvalue weighted by molar-refractivity contribution is -0.133. The molecule has 0 saturated carbocycles. The van der Waals surface area contributed by atoms with Crippen LogP contribution in [0.3, 0.4) is 0 Å². The molecule has 1 saturated heterocycles. The lowest BCUT2D eigenvalue weighted by Crippen LogP contribution is -2.39. The van der Waals surface area contributed by atoms with E-state index in [1.807, 2.05) is 11.6 Å². The summed E-state index contributed by atoms with van der Waals surface area (Å²) in [6.45, 7) is 8.87. The maximum atomic E-state index is 10.6. The molecule has 2 rings (SSSR count). The van der Waals surface area contributed by atoms with Gasteiger partial charge in [0, 0.05) is 20.1 Å². The molecule has 7 heteroatoms. The van der Waals surface area contributed by atoms with Gasteiger partial charge in [-0.3, -0.25) is 9.36 Å². The molecular formula is C14H24N4O2S. The third-order valence-corrected chi connectivity index (χ3v) is 5.14. The van der Waals surface area contributed by atoms with E-state index in [2.05, 4.69) is 35.9 Å². The van der Waals surface area contributed by atoms with Gasteiger partial charge in [-0.2, -0.15) is 0 Å². The van der Waals surface area contributed by atoms with Gasteiger partial charge in [-0.25, -0.2) is 0 Å². The second-order valence-electron chi connectivity index (χ2n) is 6.65. The number of thioether (sulfide) groups is 1. The Kier molecular flexibility index (Phi) is 4.81. The predicted molar refractivity (Wildman–Crippen MR) is 83.8 cm³/mol. The third kappa shape index (κ3) is 3.90. The van der Waals surface area contributed by atoms with E-state index in [0.717, 1.165) is 37.8 Å². The highest BCUT2D eigenvalue weighted by Crippen LogP contribution is 2.35. The molecule has 0 aliphatic carbocycles. The highest BCUT2D eigenvalue weighted by molar-refractivity contribution is 7.99. The Hall–Kier alpha value is -1.24. The van der Waals surface area contributed by atoms with Crippen molar-refractivity contribution in [2.75, 3.05) is 23.7 Å². The summed E-state index contributed by atoms with van der Waals surface area (Å²) < 4.78 is 1.89. The molecule has 0 atom stereocenters. The van der Waals surface area contributed by atoms with Crippen LogP contribution in [0.25, 0.3) is 0 Å². The Morgan fingerprint density at radius 3 is 2.48 bits per heavy atom. The van der Waals surface area contributed by atoms with E-state index in [9.17, 15) is 4.79 Å². The average molecular weight is 312 g/mol. The SMILES string of the molecule is Cn1c(SCC(=O)O)nnc1N1CCC(C(C)(C)C)CC1. The molecule has 0 aromatic carbocycles. The highest BCUT2D eigenvalue weighted by Gasteiger charge is 2.30. The van der Waals surface area contributed by atoms with Crippen LogP contribution in [0, 0.1) is 11.3 Å². The third-order valence-electron chi connectivity index (χ3n) is 4.14. The normalized spacial score (nSPS) is 17.2. The zero-order chi connectivity index (χ0) is 15.6. The summed E-state index contributed by atoms with van der Waals surface area (Å²) in [6.07, 6.45) is 2.32. The van der Waals surface area contributed by atoms with E-state index in [0.29, 0.717) is 10.6 Å². The maximum Gasteiger partial charge on any atom is 0.313 e. The van der Waals surface area contributed by atoms with Crippen molar-refractivity contribution in [1.29, 1.82) is 0 Å². The minimum Gasteiger partial charge on any atom is -0.481 e. The number of carboxylic acid groups (broad SMARTS) is 1. The van der Waals surface area contributed by atoms with Crippen molar-refractivity contribution in [3.8, 4) is 0 Å². The van der Waals surface area contributed by atoms with Crippen molar-refractivity contribution in [3.63, 3.8) is 0 Å². The number of anilines is 1. The molecule has 1 aromatic rings. The fourth-order valence-corrected chi connectivity index (χ4v) is 3.41. The van der Waals surface area contributed by atoms with Gasteiger partial charge in [-0.05, 0) is 24.2 Å². The van der Waals surface area contributed by atoms with Gasteiger partial charge in [0.25, 0.3) is 0 Å². The van der Waals surface area contributed by atoms with Crippen LogP contribution in [0.15, 0.2) is 5.16 Å². The minimum absolute atomic E-state index is 0.0120. The lowest BCUT2D eigenvalue weighted by Gasteiger charge is -2.38. The van der Waals surface area contributed by atoms with Crippen LogP contribution < -0.4 is 4.90 Å². The topological polar surface area (TPSA) is 71.2 Å².